The quantitative estimate of drug-likeness (QED) is 0.869. The van der Waals surface area contributed by atoms with E-state index in [1.54, 1.807) is 12.3 Å². The van der Waals surface area contributed by atoms with Gasteiger partial charge in [0, 0.05) is 25.6 Å². The van der Waals surface area contributed by atoms with Gasteiger partial charge < -0.3 is 14.4 Å². The number of hydrogen-bond acceptors (Lipinski definition) is 3. The van der Waals surface area contributed by atoms with Crippen molar-refractivity contribution < 1.29 is 14.3 Å². The summed E-state index contributed by atoms with van der Waals surface area (Å²) in [5.74, 6) is 0.802. The number of nitrogens with zero attached hydrogens (tertiary/aromatic N) is 1. The predicted octanol–water partition coefficient (Wildman–Crippen LogP) is 1.83. The van der Waals surface area contributed by atoms with Crippen LogP contribution in [0.1, 0.15) is 42.3 Å². The van der Waals surface area contributed by atoms with Crippen LogP contribution in [0, 0.1) is 0 Å². The number of furan rings is 1. The highest BCUT2D eigenvalue weighted by molar-refractivity contribution is 5.95. The first-order valence-electron chi connectivity index (χ1n) is 6.26. The predicted molar refractivity (Wildman–Crippen MR) is 63.8 cm³/mol. The number of likely N-dealkylation sites (tertiary alicyclic amines) is 1. The summed E-state index contributed by atoms with van der Waals surface area (Å²) >= 11 is 0. The van der Waals surface area contributed by atoms with Crippen LogP contribution in [0.5, 0.6) is 0 Å². The van der Waals surface area contributed by atoms with E-state index in [0.717, 1.165) is 31.6 Å². The number of aryl methyl sites for hydroxylation is 1. The Labute approximate surface area is 101 Å². The molecule has 4 nitrogen and oxygen atoms in total. The van der Waals surface area contributed by atoms with Crippen LogP contribution in [0.4, 0.5) is 0 Å². The molecule has 4 heteroatoms. The van der Waals surface area contributed by atoms with Gasteiger partial charge in [-0.25, -0.2) is 0 Å². The van der Waals surface area contributed by atoms with Gasteiger partial charge in [-0.3, -0.25) is 4.79 Å². The maximum atomic E-state index is 12.4. The van der Waals surface area contributed by atoms with E-state index in [2.05, 4.69) is 0 Å². The molecule has 0 radical (unpaired) electrons. The van der Waals surface area contributed by atoms with Crippen LogP contribution >= 0.6 is 0 Å². The third kappa shape index (κ3) is 2.36. The molecule has 0 aliphatic carbocycles. The second-order valence-corrected chi connectivity index (χ2v) is 4.42. The third-order valence-corrected chi connectivity index (χ3v) is 3.40. The zero-order valence-electron chi connectivity index (χ0n) is 10.2. The minimum atomic E-state index is 0.0477. The van der Waals surface area contributed by atoms with E-state index in [-0.39, 0.29) is 18.6 Å². The maximum Gasteiger partial charge on any atom is 0.257 e. The van der Waals surface area contributed by atoms with Crippen molar-refractivity contribution in [2.45, 2.75) is 38.6 Å². The van der Waals surface area contributed by atoms with E-state index in [9.17, 15) is 4.79 Å². The topological polar surface area (TPSA) is 53.7 Å². The van der Waals surface area contributed by atoms with Crippen molar-refractivity contribution in [3.8, 4) is 0 Å². The molecule has 0 bridgehead atoms. The van der Waals surface area contributed by atoms with Crippen LogP contribution in [-0.4, -0.2) is 35.1 Å². The molecule has 1 aromatic rings. The number of carbonyl (C=O) groups is 1. The number of aliphatic hydroxyl groups excluding tert-OH is 1. The van der Waals surface area contributed by atoms with Crippen LogP contribution in [0.2, 0.25) is 0 Å². The summed E-state index contributed by atoms with van der Waals surface area (Å²) in [5.41, 5.74) is 0.678. The van der Waals surface area contributed by atoms with Gasteiger partial charge in [-0.05, 0) is 25.3 Å². The summed E-state index contributed by atoms with van der Waals surface area (Å²) in [6, 6.07) is 1.93. The fourth-order valence-corrected chi connectivity index (χ4v) is 2.51. The first-order valence-corrected chi connectivity index (χ1v) is 6.26. The molecule has 1 aliphatic heterocycles. The lowest BCUT2D eigenvalue weighted by molar-refractivity contribution is 0.0714. The Bertz CT molecular complexity index is 386. The minimum Gasteiger partial charge on any atom is -0.469 e. The summed E-state index contributed by atoms with van der Waals surface area (Å²) in [6.07, 6.45) is 4.99. The van der Waals surface area contributed by atoms with E-state index >= 15 is 0 Å². The Balaban J connectivity index is 2.14. The maximum absolute atomic E-state index is 12.4. The standard InChI is InChI=1S/C13H19NO3/c1-2-12-11(6-9-17-12)13(16)14-7-3-4-10(14)5-8-15/h6,9-10,15H,2-5,7-8H2,1H3. The molecule has 1 fully saturated rings. The van der Waals surface area contributed by atoms with E-state index in [1.165, 1.54) is 0 Å². The minimum absolute atomic E-state index is 0.0477. The fraction of sp³-hybridized carbons (Fsp3) is 0.615. The average Bonchev–Trinajstić information content (AvgIpc) is 2.96. The molecule has 1 saturated heterocycles. The Morgan fingerprint density at radius 2 is 2.47 bits per heavy atom. The molecule has 1 aromatic heterocycles. The second kappa shape index (κ2) is 5.36. The lowest BCUT2D eigenvalue weighted by Crippen LogP contribution is -2.36. The van der Waals surface area contributed by atoms with Crippen molar-refractivity contribution in [1.29, 1.82) is 0 Å². The van der Waals surface area contributed by atoms with Gasteiger partial charge in [-0.1, -0.05) is 6.92 Å². The molecule has 1 N–H and O–H groups in total. The van der Waals surface area contributed by atoms with E-state index in [0.29, 0.717) is 12.0 Å². The summed E-state index contributed by atoms with van der Waals surface area (Å²) in [6.45, 7) is 2.91. The summed E-state index contributed by atoms with van der Waals surface area (Å²) in [7, 11) is 0. The first-order chi connectivity index (χ1) is 8.27. The van der Waals surface area contributed by atoms with Gasteiger partial charge in [0.15, 0.2) is 0 Å². The highest BCUT2D eigenvalue weighted by Crippen LogP contribution is 2.24. The number of carbonyl (C=O) groups excluding carboxylic acids is 1. The van der Waals surface area contributed by atoms with Gasteiger partial charge in [0.05, 0.1) is 11.8 Å². The van der Waals surface area contributed by atoms with Crippen molar-refractivity contribution in [3.63, 3.8) is 0 Å². The number of rotatable bonds is 4. The van der Waals surface area contributed by atoms with Crippen molar-refractivity contribution >= 4 is 5.91 Å². The molecule has 0 spiro atoms. The van der Waals surface area contributed by atoms with Crippen molar-refractivity contribution in [1.82, 2.24) is 4.90 Å². The van der Waals surface area contributed by atoms with Gasteiger partial charge in [-0.15, -0.1) is 0 Å². The molecule has 1 atom stereocenters. The van der Waals surface area contributed by atoms with E-state index in [4.69, 9.17) is 9.52 Å². The smallest absolute Gasteiger partial charge is 0.257 e. The van der Waals surface area contributed by atoms with Gasteiger partial charge in [0.1, 0.15) is 5.76 Å². The Hall–Kier alpha value is -1.29. The third-order valence-electron chi connectivity index (χ3n) is 3.40. The van der Waals surface area contributed by atoms with Crippen LogP contribution in [0.25, 0.3) is 0 Å². The van der Waals surface area contributed by atoms with Crippen LogP contribution in [-0.2, 0) is 6.42 Å². The van der Waals surface area contributed by atoms with Crippen LogP contribution in [0.3, 0.4) is 0 Å². The number of amides is 1. The SMILES string of the molecule is CCc1occc1C(=O)N1CCCC1CCO. The summed E-state index contributed by atoms with van der Waals surface area (Å²) < 4.78 is 5.29. The molecular formula is C13H19NO3. The molecule has 1 amide bonds. The zero-order valence-corrected chi connectivity index (χ0v) is 10.2. The van der Waals surface area contributed by atoms with Gasteiger partial charge in [0.25, 0.3) is 5.91 Å². The van der Waals surface area contributed by atoms with Crippen LogP contribution in [0.15, 0.2) is 16.7 Å². The molecule has 0 aromatic carbocycles. The molecule has 1 aliphatic rings. The number of hydrogen-bond donors (Lipinski definition) is 1. The lowest BCUT2D eigenvalue weighted by Gasteiger charge is -2.24. The fourth-order valence-electron chi connectivity index (χ4n) is 2.51. The molecule has 0 saturated carbocycles. The van der Waals surface area contributed by atoms with E-state index < -0.39 is 0 Å². The van der Waals surface area contributed by atoms with Crippen LogP contribution < -0.4 is 0 Å². The zero-order chi connectivity index (χ0) is 12.3. The Morgan fingerprint density at radius 1 is 1.65 bits per heavy atom. The highest BCUT2D eigenvalue weighted by Gasteiger charge is 2.30. The monoisotopic (exact) mass is 237 g/mol. The number of aliphatic hydroxyl groups is 1. The van der Waals surface area contributed by atoms with Gasteiger partial charge >= 0.3 is 0 Å². The van der Waals surface area contributed by atoms with Gasteiger partial charge in [0.2, 0.25) is 0 Å². The molecule has 2 rings (SSSR count). The first kappa shape index (κ1) is 12.2. The Morgan fingerprint density at radius 3 is 3.18 bits per heavy atom. The van der Waals surface area contributed by atoms with Crippen molar-refractivity contribution in [2.24, 2.45) is 0 Å². The van der Waals surface area contributed by atoms with Crippen molar-refractivity contribution in [2.75, 3.05) is 13.2 Å². The normalized spacial score (nSPS) is 19.9. The second-order valence-electron chi connectivity index (χ2n) is 4.42. The van der Waals surface area contributed by atoms with Gasteiger partial charge in [-0.2, -0.15) is 0 Å². The van der Waals surface area contributed by atoms with E-state index in [1.807, 2.05) is 11.8 Å². The lowest BCUT2D eigenvalue weighted by atomic mass is 10.1. The Kier molecular flexibility index (Phi) is 3.84. The molecule has 2 heterocycles. The summed E-state index contributed by atoms with van der Waals surface area (Å²) in [4.78, 5) is 14.2. The summed E-state index contributed by atoms with van der Waals surface area (Å²) in [5, 5.41) is 9.00. The molecule has 17 heavy (non-hydrogen) atoms. The van der Waals surface area contributed by atoms with Crippen molar-refractivity contribution in [3.05, 3.63) is 23.7 Å². The largest absolute Gasteiger partial charge is 0.469 e. The highest BCUT2D eigenvalue weighted by atomic mass is 16.3. The molecule has 1 unspecified atom stereocenters. The molecular weight excluding hydrogens is 218 g/mol. The average molecular weight is 237 g/mol. The molecule has 94 valence electrons.